The minimum atomic E-state index is 0.538. The van der Waals surface area contributed by atoms with Crippen molar-refractivity contribution in [3.63, 3.8) is 0 Å². The molecule has 0 radical (unpaired) electrons. The van der Waals surface area contributed by atoms with Crippen molar-refractivity contribution in [3.8, 4) is 11.3 Å². The number of hydrogen-bond acceptors (Lipinski definition) is 3. The van der Waals surface area contributed by atoms with Gasteiger partial charge in [0.1, 0.15) is 5.69 Å². The van der Waals surface area contributed by atoms with Gasteiger partial charge >= 0.3 is 0 Å². The number of nitrogen functional groups attached to an aromatic ring is 1. The molecular formula is C10H9BrN2O. The molecule has 0 amide bonds. The molecule has 0 fully saturated rings. The summed E-state index contributed by atoms with van der Waals surface area (Å²) in [5, 5.41) is 3.74. The van der Waals surface area contributed by atoms with Crippen molar-refractivity contribution in [1.29, 1.82) is 0 Å². The van der Waals surface area contributed by atoms with E-state index in [1.165, 1.54) is 0 Å². The second-order valence-electron chi connectivity index (χ2n) is 3.09. The van der Waals surface area contributed by atoms with Gasteiger partial charge in [0.2, 0.25) is 0 Å². The van der Waals surface area contributed by atoms with E-state index in [0.29, 0.717) is 16.1 Å². The molecule has 0 bridgehead atoms. The summed E-state index contributed by atoms with van der Waals surface area (Å²) in [4.78, 5) is 0. The molecule has 1 aromatic carbocycles. The highest BCUT2D eigenvalue weighted by Crippen LogP contribution is 2.31. The predicted molar refractivity (Wildman–Crippen MR) is 58.8 cm³/mol. The van der Waals surface area contributed by atoms with Crippen molar-refractivity contribution < 1.29 is 4.52 Å². The summed E-state index contributed by atoms with van der Waals surface area (Å²) in [5.41, 5.74) is 8.43. The number of halogens is 1. The predicted octanol–water partition coefficient (Wildman–Crippen LogP) is 2.99. The third-order valence-electron chi connectivity index (χ3n) is 1.96. The van der Waals surface area contributed by atoms with E-state index in [1.807, 2.05) is 31.2 Å². The number of nitrogens with two attached hydrogens (primary N) is 1. The average Bonchev–Trinajstić information content (AvgIpc) is 2.48. The first-order valence-electron chi connectivity index (χ1n) is 4.16. The highest BCUT2D eigenvalue weighted by atomic mass is 79.9. The molecule has 2 rings (SSSR count). The van der Waals surface area contributed by atoms with E-state index in [1.54, 1.807) is 0 Å². The first-order valence-corrected chi connectivity index (χ1v) is 4.95. The first kappa shape index (κ1) is 9.27. The number of hydrogen-bond donors (Lipinski definition) is 1. The van der Waals surface area contributed by atoms with Gasteiger partial charge in [-0.3, -0.25) is 0 Å². The fourth-order valence-corrected chi connectivity index (χ4v) is 1.52. The Bertz CT molecular complexity index is 465. The van der Waals surface area contributed by atoms with Crippen molar-refractivity contribution >= 4 is 21.6 Å². The van der Waals surface area contributed by atoms with Gasteiger partial charge in [-0.1, -0.05) is 28.9 Å². The van der Waals surface area contributed by atoms with E-state index in [4.69, 9.17) is 10.3 Å². The van der Waals surface area contributed by atoms with Crippen LogP contribution in [0.25, 0.3) is 11.3 Å². The number of benzene rings is 1. The molecule has 3 nitrogen and oxygen atoms in total. The maximum atomic E-state index is 5.78. The maximum Gasteiger partial charge on any atom is 0.190 e. The van der Waals surface area contributed by atoms with Crippen LogP contribution in [-0.4, -0.2) is 5.16 Å². The van der Waals surface area contributed by atoms with Gasteiger partial charge in [0.25, 0.3) is 0 Å². The molecule has 2 aromatic rings. The lowest BCUT2D eigenvalue weighted by Crippen LogP contribution is -1.86. The quantitative estimate of drug-likeness (QED) is 0.849. The van der Waals surface area contributed by atoms with Crippen LogP contribution < -0.4 is 5.73 Å². The zero-order valence-electron chi connectivity index (χ0n) is 7.62. The van der Waals surface area contributed by atoms with Crippen LogP contribution in [0.2, 0.25) is 0 Å². The molecule has 0 atom stereocenters. The number of nitrogens with zero attached hydrogens (tertiary/aromatic N) is 1. The van der Waals surface area contributed by atoms with Crippen molar-refractivity contribution in [2.75, 3.05) is 5.73 Å². The van der Waals surface area contributed by atoms with Gasteiger partial charge in [-0.05, 0) is 28.9 Å². The molecule has 72 valence electrons. The van der Waals surface area contributed by atoms with Crippen LogP contribution in [0.3, 0.4) is 0 Å². The SMILES string of the molecule is Cc1cccc(-c2onc(Br)c2N)c1. The van der Waals surface area contributed by atoms with E-state index < -0.39 is 0 Å². The second-order valence-corrected chi connectivity index (χ2v) is 3.84. The van der Waals surface area contributed by atoms with Crippen LogP contribution in [-0.2, 0) is 0 Å². The Kier molecular flexibility index (Phi) is 2.29. The minimum Gasteiger partial charge on any atom is -0.393 e. The average molecular weight is 253 g/mol. The monoisotopic (exact) mass is 252 g/mol. The molecule has 1 heterocycles. The fraction of sp³-hybridized carbons (Fsp3) is 0.100. The lowest BCUT2D eigenvalue weighted by molar-refractivity contribution is 0.428. The second kappa shape index (κ2) is 3.46. The van der Waals surface area contributed by atoms with Crippen LogP contribution >= 0.6 is 15.9 Å². The van der Waals surface area contributed by atoms with Crippen LogP contribution in [0.4, 0.5) is 5.69 Å². The van der Waals surface area contributed by atoms with Crippen LogP contribution in [0, 0.1) is 6.92 Å². The Labute approximate surface area is 90.0 Å². The van der Waals surface area contributed by atoms with Gasteiger partial charge in [0.05, 0.1) is 0 Å². The maximum absolute atomic E-state index is 5.78. The zero-order valence-corrected chi connectivity index (χ0v) is 9.21. The zero-order chi connectivity index (χ0) is 10.1. The summed E-state index contributed by atoms with van der Waals surface area (Å²) < 4.78 is 5.66. The van der Waals surface area contributed by atoms with Crippen molar-refractivity contribution in [2.24, 2.45) is 0 Å². The lowest BCUT2D eigenvalue weighted by Gasteiger charge is -1.98. The number of anilines is 1. The lowest BCUT2D eigenvalue weighted by atomic mass is 10.1. The highest BCUT2D eigenvalue weighted by Gasteiger charge is 2.12. The molecule has 0 saturated carbocycles. The van der Waals surface area contributed by atoms with E-state index >= 15 is 0 Å². The number of aromatic nitrogens is 1. The highest BCUT2D eigenvalue weighted by molar-refractivity contribution is 9.10. The Hall–Kier alpha value is -1.29. The van der Waals surface area contributed by atoms with Crippen LogP contribution in [0.5, 0.6) is 0 Å². The Morgan fingerprint density at radius 3 is 2.79 bits per heavy atom. The molecule has 0 saturated heterocycles. The molecular weight excluding hydrogens is 244 g/mol. The molecule has 0 spiro atoms. The van der Waals surface area contributed by atoms with Gasteiger partial charge in [-0.15, -0.1) is 0 Å². The van der Waals surface area contributed by atoms with E-state index in [-0.39, 0.29) is 0 Å². The number of aryl methyl sites for hydroxylation is 1. The summed E-state index contributed by atoms with van der Waals surface area (Å²) in [7, 11) is 0. The molecule has 0 aliphatic heterocycles. The van der Waals surface area contributed by atoms with Crippen LogP contribution in [0.15, 0.2) is 33.4 Å². The molecule has 0 aliphatic rings. The van der Waals surface area contributed by atoms with Crippen LogP contribution in [0.1, 0.15) is 5.56 Å². The number of rotatable bonds is 1. The summed E-state index contributed by atoms with van der Waals surface area (Å²) in [6.45, 7) is 2.02. The minimum absolute atomic E-state index is 0.538. The first-order chi connectivity index (χ1) is 6.68. The van der Waals surface area contributed by atoms with E-state index in [9.17, 15) is 0 Å². The molecule has 14 heavy (non-hydrogen) atoms. The van der Waals surface area contributed by atoms with Crippen molar-refractivity contribution in [1.82, 2.24) is 5.16 Å². The molecule has 0 unspecified atom stereocenters. The standard InChI is InChI=1S/C10H9BrN2O/c1-6-3-2-4-7(5-6)9-8(12)10(11)13-14-9/h2-5H,12H2,1H3. The molecule has 4 heteroatoms. The fourth-order valence-electron chi connectivity index (χ4n) is 1.27. The van der Waals surface area contributed by atoms with Crippen molar-refractivity contribution in [2.45, 2.75) is 6.92 Å². The summed E-state index contributed by atoms with van der Waals surface area (Å²) >= 11 is 3.20. The summed E-state index contributed by atoms with van der Waals surface area (Å²) in [5.74, 6) is 0.612. The van der Waals surface area contributed by atoms with Gasteiger partial charge in [-0.2, -0.15) is 0 Å². The summed E-state index contributed by atoms with van der Waals surface area (Å²) in [6.07, 6.45) is 0. The Morgan fingerprint density at radius 1 is 1.43 bits per heavy atom. The van der Waals surface area contributed by atoms with E-state index in [0.717, 1.165) is 11.1 Å². The third kappa shape index (κ3) is 1.53. The van der Waals surface area contributed by atoms with Gasteiger partial charge in [0, 0.05) is 5.56 Å². The molecule has 1 aromatic heterocycles. The molecule has 2 N–H and O–H groups in total. The topological polar surface area (TPSA) is 52.0 Å². The Balaban J connectivity index is 2.55. The van der Waals surface area contributed by atoms with Gasteiger partial charge in [-0.25, -0.2) is 0 Å². The normalized spacial score (nSPS) is 10.4. The van der Waals surface area contributed by atoms with Crippen molar-refractivity contribution in [3.05, 3.63) is 34.4 Å². The smallest absolute Gasteiger partial charge is 0.190 e. The third-order valence-corrected chi connectivity index (χ3v) is 2.54. The summed E-state index contributed by atoms with van der Waals surface area (Å²) in [6, 6.07) is 7.92. The van der Waals surface area contributed by atoms with E-state index in [2.05, 4.69) is 21.1 Å². The Morgan fingerprint density at radius 2 is 2.21 bits per heavy atom. The molecule has 0 aliphatic carbocycles. The van der Waals surface area contributed by atoms with Gasteiger partial charge < -0.3 is 10.3 Å². The van der Waals surface area contributed by atoms with Gasteiger partial charge in [0.15, 0.2) is 10.4 Å². The largest absolute Gasteiger partial charge is 0.393 e.